The molecule has 0 saturated heterocycles. The third-order valence-corrected chi connectivity index (χ3v) is 6.00. The molecule has 0 unspecified atom stereocenters. The van der Waals surface area contributed by atoms with Gasteiger partial charge in [-0.25, -0.2) is 0 Å². The Morgan fingerprint density at radius 2 is 0.652 bits per heavy atom. The summed E-state index contributed by atoms with van der Waals surface area (Å²) in [7, 11) is 1.35. The smallest absolute Gasteiger partial charge is 0.307 e. The van der Waals surface area contributed by atoms with Gasteiger partial charge in [0.25, 0.3) is 0 Å². The van der Waals surface area contributed by atoms with Crippen molar-refractivity contribution in [2.24, 2.45) is 0 Å². The number of carbonyl (C=O) groups is 2. The second-order valence-corrected chi connectivity index (χ2v) is 9.83. The molecule has 0 rings (SSSR count). The second-order valence-electron chi connectivity index (χ2n) is 9.83. The third-order valence-electron chi connectivity index (χ3n) is 6.00. The average molecular weight is 671 g/mol. The molecule has 274 valence electrons. The number of unbranched alkanes of at least 4 members (excludes halogenated alkanes) is 4. The summed E-state index contributed by atoms with van der Waals surface area (Å²) >= 11 is 0. The van der Waals surface area contributed by atoms with Crippen molar-refractivity contribution >= 4 is 11.9 Å². The van der Waals surface area contributed by atoms with Gasteiger partial charge in [0.05, 0.1) is 146 Å². The Morgan fingerprint density at radius 3 is 0.978 bits per heavy atom. The van der Waals surface area contributed by atoms with Gasteiger partial charge in [0.1, 0.15) is 6.61 Å². The quantitative estimate of drug-likeness (QED) is 0.0698. The van der Waals surface area contributed by atoms with Crippen LogP contribution >= 0.6 is 0 Å². The van der Waals surface area contributed by atoms with E-state index >= 15 is 0 Å². The van der Waals surface area contributed by atoms with E-state index < -0.39 is 0 Å². The van der Waals surface area contributed by atoms with Crippen LogP contribution in [-0.4, -0.2) is 158 Å². The highest BCUT2D eigenvalue weighted by Gasteiger charge is 2.03. The van der Waals surface area contributed by atoms with Crippen molar-refractivity contribution in [3.8, 4) is 0 Å². The molecule has 0 bridgehead atoms. The largest absolute Gasteiger partial charge is 0.469 e. The van der Waals surface area contributed by atoms with E-state index in [9.17, 15) is 9.59 Å². The Balaban J connectivity index is 3.10. The number of methoxy groups -OCH3 is 1. The number of esters is 2. The monoisotopic (exact) mass is 670 g/mol. The number of ether oxygens (including phenoxy) is 12. The van der Waals surface area contributed by atoms with Crippen molar-refractivity contribution in [2.75, 3.05) is 146 Å². The molecule has 0 fully saturated rings. The Labute approximate surface area is 276 Å². The Bertz CT molecular complexity index is 626. The first-order valence-electron chi connectivity index (χ1n) is 16.7. The molecule has 0 atom stereocenters. The number of carbonyl (C=O) groups excluding carboxylic acids is 2. The minimum atomic E-state index is -0.288. The van der Waals surface area contributed by atoms with Gasteiger partial charge in [0.2, 0.25) is 0 Å². The molecule has 0 spiro atoms. The van der Waals surface area contributed by atoms with Crippen LogP contribution in [0.4, 0.5) is 0 Å². The molecule has 0 aromatic heterocycles. The van der Waals surface area contributed by atoms with Crippen molar-refractivity contribution in [3.63, 3.8) is 0 Å². The summed E-state index contributed by atoms with van der Waals surface area (Å²) in [5.74, 6) is -0.438. The van der Waals surface area contributed by atoms with Crippen molar-refractivity contribution in [1.29, 1.82) is 0 Å². The van der Waals surface area contributed by atoms with Crippen LogP contribution in [0.25, 0.3) is 0 Å². The lowest BCUT2D eigenvalue weighted by Gasteiger charge is -2.09. The van der Waals surface area contributed by atoms with Crippen molar-refractivity contribution in [2.45, 2.75) is 51.9 Å². The molecule has 46 heavy (non-hydrogen) atoms. The summed E-state index contributed by atoms with van der Waals surface area (Å²) in [4.78, 5) is 22.5. The van der Waals surface area contributed by atoms with E-state index in [2.05, 4.69) is 11.7 Å². The highest BCUT2D eigenvalue weighted by molar-refractivity contribution is 5.69. The van der Waals surface area contributed by atoms with Gasteiger partial charge in [-0.15, -0.1) is 0 Å². The zero-order valence-corrected chi connectivity index (χ0v) is 28.5. The molecule has 0 aromatic rings. The summed E-state index contributed by atoms with van der Waals surface area (Å²) in [6, 6.07) is 0. The lowest BCUT2D eigenvalue weighted by molar-refractivity contribution is -0.145. The Kier molecular flexibility index (Phi) is 38.5. The van der Waals surface area contributed by atoms with Gasteiger partial charge in [-0.1, -0.05) is 32.6 Å². The molecule has 0 heterocycles. The molecule has 0 aliphatic rings. The van der Waals surface area contributed by atoms with Gasteiger partial charge in [-0.2, -0.15) is 0 Å². The summed E-state index contributed by atoms with van der Waals surface area (Å²) in [6.45, 7) is 11.7. The van der Waals surface area contributed by atoms with Crippen LogP contribution in [0.1, 0.15) is 51.9 Å². The molecule has 0 aromatic carbocycles. The van der Waals surface area contributed by atoms with Crippen LogP contribution < -0.4 is 0 Å². The van der Waals surface area contributed by atoms with E-state index in [0.29, 0.717) is 139 Å². The van der Waals surface area contributed by atoms with Crippen LogP contribution in [0.15, 0.2) is 0 Å². The third kappa shape index (κ3) is 38.7. The fourth-order valence-electron chi connectivity index (χ4n) is 3.50. The van der Waals surface area contributed by atoms with E-state index in [1.54, 1.807) is 0 Å². The standard InChI is InChI=1S/C32H62O14/c1-3-4-5-6-7-8-32(34)46-30-29-45-28-27-44-26-25-43-24-23-42-22-21-41-20-19-40-18-17-39-16-15-38-14-13-37-12-11-36-10-9-31(33)35-2/h3-30H2,1-2H3. The van der Waals surface area contributed by atoms with Crippen LogP contribution in [0, 0.1) is 0 Å². The van der Waals surface area contributed by atoms with E-state index in [1.807, 2.05) is 0 Å². The predicted octanol–water partition coefficient (Wildman–Crippen LogP) is 2.62. The molecule has 0 radical (unpaired) electrons. The van der Waals surface area contributed by atoms with Gasteiger partial charge in [0, 0.05) is 6.42 Å². The fourth-order valence-corrected chi connectivity index (χ4v) is 3.50. The molecule has 0 aliphatic carbocycles. The number of hydrogen-bond acceptors (Lipinski definition) is 14. The number of rotatable bonds is 39. The van der Waals surface area contributed by atoms with E-state index in [4.69, 9.17) is 52.1 Å². The van der Waals surface area contributed by atoms with Crippen molar-refractivity contribution < 1.29 is 66.4 Å². The Morgan fingerprint density at radius 1 is 0.348 bits per heavy atom. The van der Waals surface area contributed by atoms with E-state index in [1.165, 1.54) is 26.4 Å². The predicted molar refractivity (Wildman–Crippen MR) is 169 cm³/mol. The van der Waals surface area contributed by atoms with E-state index in [-0.39, 0.29) is 25.0 Å². The highest BCUT2D eigenvalue weighted by Crippen LogP contribution is 2.05. The maximum absolute atomic E-state index is 11.6. The summed E-state index contributed by atoms with van der Waals surface area (Å²) in [5, 5.41) is 0. The van der Waals surface area contributed by atoms with Crippen LogP contribution in [0.5, 0.6) is 0 Å². The molecule has 14 nitrogen and oxygen atoms in total. The van der Waals surface area contributed by atoms with Crippen molar-refractivity contribution in [1.82, 2.24) is 0 Å². The topological polar surface area (TPSA) is 145 Å². The van der Waals surface area contributed by atoms with Gasteiger partial charge < -0.3 is 56.8 Å². The van der Waals surface area contributed by atoms with Crippen LogP contribution in [-0.2, 0) is 66.4 Å². The zero-order chi connectivity index (χ0) is 33.4. The minimum Gasteiger partial charge on any atom is -0.469 e. The average Bonchev–Trinajstić information content (AvgIpc) is 3.06. The molecule has 0 amide bonds. The molecular weight excluding hydrogens is 608 g/mol. The molecule has 0 N–H and O–H groups in total. The first-order chi connectivity index (χ1) is 22.7. The van der Waals surface area contributed by atoms with Crippen LogP contribution in [0.2, 0.25) is 0 Å². The fraction of sp³-hybridized carbons (Fsp3) is 0.938. The molecule has 0 aliphatic heterocycles. The lowest BCUT2D eigenvalue weighted by atomic mass is 10.1. The summed E-state index contributed by atoms with van der Waals surface area (Å²) < 4.78 is 63.9. The first-order valence-corrected chi connectivity index (χ1v) is 16.7. The molecular formula is C32H62O14. The summed E-state index contributed by atoms with van der Waals surface area (Å²) in [6.07, 6.45) is 6.30. The normalized spacial score (nSPS) is 11.3. The molecule has 14 heteroatoms. The zero-order valence-electron chi connectivity index (χ0n) is 28.5. The lowest BCUT2D eigenvalue weighted by Crippen LogP contribution is -2.15. The molecule has 0 saturated carbocycles. The van der Waals surface area contributed by atoms with Gasteiger partial charge in [-0.3, -0.25) is 9.59 Å². The van der Waals surface area contributed by atoms with Crippen LogP contribution in [0.3, 0.4) is 0 Å². The first kappa shape index (κ1) is 44.5. The van der Waals surface area contributed by atoms with E-state index in [0.717, 1.165) is 12.8 Å². The Hall–Kier alpha value is -1.46. The summed E-state index contributed by atoms with van der Waals surface area (Å²) in [5.41, 5.74) is 0. The van der Waals surface area contributed by atoms with Crippen molar-refractivity contribution in [3.05, 3.63) is 0 Å². The minimum absolute atomic E-state index is 0.151. The second kappa shape index (κ2) is 39.7. The van der Waals surface area contributed by atoms with Gasteiger partial charge >= 0.3 is 11.9 Å². The maximum Gasteiger partial charge on any atom is 0.307 e. The SMILES string of the molecule is CCCCCCCC(=O)OCCOCCOCCOCCOCCOCCOCCOCCOCCOCCOCCC(=O)OC. The van der Waals surface area contributed by atoms with Gasteiger partial charge in [0.15, 0.2) is 0 Å². The maximum atomic E-state index is 11.6. The highest BCUT2D eigenvalue weighted by atomic mass is 16.6. The van der Waals surface area contributed by atoms with Gasteiger partial charge in [-0.05, 0) is 6.42 Å². The number of hydrogen-bond donors (Lipinski definition) is 0.